The molecule has 3 heterocycles. The van der Waals surface area contributed by atoms with Crippen molar-refractivity contribution in [2.24, 2.45) is 0 Å². The first-order valence-electron chi connectivity index (χ1n) is 12.0. The highest BCUT2D eigenvalue weighted by Gasteiger charge is 2.25. The highest BCUT2D eigenvalue weighted by Crippen LogP contribution is 2.25. The summed E-state index contributed by atoms with van der Waals surface area (Å²) in [6, 6.07) is 18.0. The number of rotatable bonds is 5. The Morgan fingerprint density at radius 3 is 2.20 bits per heavy atom. The van der Waals surface area contributed by atoms with Gasteiger partial charge in [0.15, 0.2) is 11.4 Å². The van der Waals surface area contributed by atoms with Crippen LogP contribution in [-0.2, 0) is 0 Å². The van der Waals surface area contributed by atoms with Crippen LogP contribution in [0.15, 0.2) is 67.0 Å². The smallest absolute Gasteiger partial charge is 0.259 e. The van der Waals surface area contributed by atoms with E-state index in [0.717, 1.165) is 30.0 Å². The van der Waals surface area contributed by atoms with Crippen LogP contribution >= 0.6 is 0 Å². The number of hydrogen-bond acceptors (Lipinski definition) is 5. The number of hydrogen-bond donors (Lipinski definition) is 0. The van der Waals surface area contributed by atoms with Gasteiger partial charge in [-0.25, -0.2) is 9.50 Å². The van der Waals surface area contributed by atoms with Crippen molar-refractivity contribution < 1.29 is 9.59 Å². The van der Waals surface area contributed by atoms with Crippen molar-refractivity contribution in [3.05, 3.63) is 83.7 Å². The minimum absolute atomic E-state index is 0.0496. The van der Waals surface area contributed by atoms with Crippen molar-refractivity contribution in [1.82, 2.24) is 19.5 Å². The van der Waals surface area contributed by atoms with Crippen molar-refractivity contribution in [3.8, 4) is 11.3 Å². The van der Waals surface area contributed by atoms with Crippen LogP contribution in [0, 0.1) is 0 Å². The molecular weight excluding hydrogens is 438 g/mol. The quantitative estimate of drug-likeness (QED) is 0.399. The molecule has 1 fully saturated rings. The first-order chi connectivity index (χ1) is 16.9. The van der Waals surface area contributed by atoms with Crippen molar-refractivity contribution >= 4 is 23.0 Å². The summed E-state index contributed by atoms with van der Waals surface area (Å²) in [6.45, 7) is 8.60. The number of nitrogens with zero attached hydrogens (tertiary/aromatic N) is 5. The number of benzene rings is 2. The molecular formula is C28H29N5O2. The Morgan fingerprint density at radius 2 is 1.57 bits per heavy atom. The maximum Gasteiger partial charge on any atom is 0.259 e. The molecule has 0 unspecified atom stereocenters. The Hall–Kier alpha value is -4.00. The number of anilines is 1. The number of carbonyl (C=O) groups excluding carboxylic acids is 2. The molecule has 5 rings (SSSR count). The van der Waals surface area contributed by atoms with Gasteiger partial charge in [0.05, 0.1) is 11.9 Å². The Labute approximate surface area is 205 Å². The normalized spacial score (nSPS) is 14.1. The first-order valence-corrected chi connectivity index (χ1v) is 12.0. The summed E-state index contributed by atoms with van der Waals surface area (Å²) in [4.78, 5) is 33.5. The minimum Gasteiger partial charge on any atom is -0.368 e. The second kappa shape index (κ2) is 9.33. The van der Waals surface area contributed by atoms with Crippen molar-refractivity contribution in [1.29, 1.82) is 0 Å². The van der Waals surface area contributed by atoms with Gasteiger partial charge in [-0.3, -0.25) is 9.59 Å². The molecule has 0 spiro atoms. The first kappa shape index (κ1) is 22.8. The zero-order chi connectivity index (χ0) is 24.5. The maximum atomic E-state index is 13.4. The predicted molar refractivity (Wildman–Crippen MR) is 137 cm³/mol. The monoisotopic (exact) mass is 467 g/mol. The van der Waals surface area contributed by atoms with E-state index >= 15 is 0 Å². The third-order valence-corrected chi connectivity index (χ3v) is 6.71. The lowest BCUT2D eigenvalue weighted by Crippen LogP contribution is -2.48. The fourth-order valence-corrected chi connectivity index (χ4v) is 4.54. The van der Waals surface area contributed by atoms with Gasteiger partial charge in [-0.2, -0.15) is 5.10 Å². The Balaban J connectivity index is 1.32. The molecule has 1 amide bonds. The molecule has 2 aromatic carbocycles. The third kappa shape index (κ3) is 4.41. The average molecular weight is 468 g/mol. The molecule has 0 bridgehead atoms. The van der Waals surface area contributed by atoms with Crippen LogP contribution in [-0.4, -0.2) is 57.4 Å². The summed E-state index contributed by atoms with van der Waals surface area (Å²) in [5.74, 6) is 0.479. The molecule has 178 valence electrons. The van der Waals surface area contributed by atoms with Gasteiger partial charge in [0.25, 0.3) is 5.91 Å². The highest BCUT2D eigenvalue weighted by molar-refractivity contribution is 6.00. The Kier molecular flexibility index (Phi) is 6.07. The van der Waals surface area contributed by atoms with E-state index in [1.54, 1.807) is 23.8 Å². The van der Waals surface area contributed by atoms with Gasteiger partial charge in [-0.1, -0.05) is 38.1 Å². The van der Waals surface area contributed by atoms with Crippen molar-refractivity contribution in [2.75, 3.05) is 31.1 Å². The highest BCUT2D eigenvalue weighted by atomic mass is 16.2. The van der Waals surface area contributed by atoms with E-state index in [2.05, 4.69) is 53.1 Å². The third-order valence-electron chi connectivity index (χ3n) is 6.71. The molecule has 7 heteroatoms. The maximum absolute atomic E-state index is 13.4. The van der Waals surface area contributed by atoms with E-state index in [1.165, 1.54) is 5.56 Å². The Morgan fingerprint density at radius 1 is 0.886 bits per heavy atom. The fourth-order valence-electron chi connectivity index (χ4n) is 4.54. The SMILES string of the molecule is CC(=O)c1ccc(N2CCN(C(=O)c3cnn4c(-c5ccc(C(C)C)cc5)ccnc34)CC2)cc1. The van der Waals surface area contributed by atoms with Crippen molar-refractivity contribution in [2.45, 2.75) is 26.7 Å². The fraction of sp³-hybridized carbons (Fsp3) is 0.286. The summed E-state index contributed by atoms with van der Waals surface area (Å²) in [5.41, 5.74) is 6.08. The standard InChI is InChI=1S/C28H29N5O2/c1-19(2)21-4-6-23(7-5-21)26-12-13-29-27-25(18-30-33(26)27)28(35)32-16-14-31(15-17-32)24-10-8-22(9-11-24)20(3)34/h4-13,18-19H,14-17H2,1-3H3. The summed E-state index contributed by atoms with van der Waals surface area (Å²) >= 11 is 0. The molecule has 0 radical (unpaired) electrons. The molecule has 0 aliphatic carbocycles. The largest absolute Gasteiger partial charge is 0.368 e. The average Bonchev–Trinajstić information content (AvgIpc) is 3.33. The molecule has 0 atom stereocenters. The van der Waals surface area contributed by atoms with E-state index in [-0.39, 0.29) is 11.7 Å². The van der Waals surface area contributed by atoms with E-state index < -0.39 is 0 Å². The molecule has 4 aromatic rings. The minimum atomic E-state index is -0.0496. The van der Waals surface area contributed by atoms with Crippen LogP contribution in [0.5, 0.6) is 0 Å². The number of carbonyl (C=O) groups is 2. The van der Waals surface area contributed by atoms with Crippen molar-refractivity contribution in [3.63, 3.8) is 0 Å². The number of fused-ring (bicyclic) bond motifs is 1. The van der Waals surface area contributed by atoms with Crippen LogP contribution in [0.25, 0.3) is 16.9 Å². The lowest BCUT2D eigenvalue weighted by atomic mass is 10.0. The van der Waals surface area contributed by atoms with Gasteiger partial charge in [0.2, 0.25) is 0 Å². The summed E-state index contributed by atoms with van der Waals surface area (Å²) in [6.07, 6.45) is 3.37. The zero-order valence-corrected chi connectivity index (χ0v) is 20.3. The topological polar surface area (TPSA) is 70.8 Å². The number of piperazine rings is 1. The molecule has 2 aromatic heterocycles. The lowest BCUT2D eigenvalue weighted by molar-refractivity contribution is 0.0748. The van der Waals surface area contributed by atoms with Gasteiger partial charge in [-0.05, 0) is 48.7 Å². The van der Waals surface area contributed by atoms with Crippen LogP contribution in [0.4, 0.5) is 5.69 Å². The Bertz CT molecular complexity index is 1370. The van der Waals surface area contributed by atoms with Gasteiger partial charge in [-0.15, -0.1) is 0 Å². The molecule has 0 N–H and O–H groups in total. The van der Waals surface area contributed by atoms with Crippen LogP contribution in [0.1, 0.15) is 53.0 Å². The van der Waals surface area contributed by atoms with Gasteiger partial charge in [0, 0.05) is 49.2 Å². The van der Waals surface area contributed by atoms with E-state index in [9.17, 15) is 9.59 Å². The van der Waals surface area contributed by atoms with Gasteiger partial charge < -0.3 is 9.80 Å². The van der Waals surface area contributed by atoms with E-state index in [0.29, 0.717) is 35.8 Å². The molecule has 1 aliphatic rings. The lowest BCUT2D eigenvalue weighted by Gasteiger charge is -2.36. The van der Waals surface area contributed by atoms with Crippen LogP contribution in [0.3, 0.4) is 0 Å². The molecule has 35 heavy (non-hydrogen) atoms. The zero-order valence-electron chi connectivity index (χ0n) is 20.3. The number of amides is 1. The van der Waals surface area contributed by atoms with Gasteiger partial charge in [0.1, 0.15) is 5.56 Å². The number of ketones is 1. The molecule has 1 saturated heterocycles. The van der Waals surface area contributed by atoms with E-state index in [1.807, 2.05) is 35.2 Å². The number of Topliss-reactive ketones (excluding diaryl/α,β-unsaturated/α-hetero) is 1. The van der Waals surface area contributed by atoms with Crippen LogP contribution in [0.2, 0.25) is 0 Å². The summed E-state index contributed by atoms with van der Waals surface area (Å²) in [7, 11) is 0. The van der Waals surface area contributed by atoms with Crippen LogP contribution < -0.4 is 4.90 Å². The predicted octanol–water partition coefficient (Wildman–Crippen LogP) is 4.68. The number of aromatic nitrogens is 3. The summed E-state index contributed by atoms with van der Waals surface area (Å²) in [5, 5.41) is 4.52. The summed E-state index contributed by atoms with van der Waals surface area (Å²) < 4.78 is 1.75. The van der Waals surface area contributed by atoms with E-state index in [4.69, 9.17) is 0 Å². The molecule has 0 saturated carbocycles. The van der Waals surface area contributed by atoms with Gasteiger partial charge >= 0.3 is 0 Å². The molecule has 1 aliphatic heterocycles. The second-order valence-electron chi connectivity index (χ2n) is 9.28. The molecule has 7 nitrogen and oxygen atoms in total. The second-order valence-corrected chi connectivity index (χ2v) is 9.28.